The average Bonchev–Trinajstić information content (AvgIpc) is 2.37. The molecule has 2 rings (SSSR count). The van der Waals surface area contributed by atoms with Crippen LogP contribution in [0.25, 0.3) is 0 Å². The summed E-state index contributed by atoms with van der Waals surface area (Å²) in [5, 5.41) is 9.48. The van der Waals surface area contributed by atoms with Crippen LogP contribution in [0.5, 0.6) is 5.88 Å². The van der Waals surface area contributed by atoms with Crippen molar-refractivity contribution in [3.05, 3.63) is 11.8 Å². The van der Waals surface area contributed by atoms with Gasteiger partial charge in [0.15, 0.2) is 0 Å². The van der Waals surface area contributed by atoms with Crippen LogP contribution in [0.3, 0.4) is 0 Å². The van der Waals surface area contributed by atoms with Gasteiger partial charge in [0, 0.05) is 18.3 Å². The molecular formula is C14H23N3O2. The molecular weight excluding hydrogens is 242 g/mol. The third-order valence-corrected chi connectivity index (χ3v) is 3.27. The number of hydrogen-bond donors (Lipinski definition) is 1. The Labute approximate surface area is 114 Å². The first-order chi connectivity index (χ1) is 9.10. The Morgan fingerprint density at radius 2 is 2.21 bits per heavy atom. The summed E-state index contributed by atoms with van der Waals surface area (Å²) in [6.07, 6.45) is 3.36. The van der Waals surface area contributed by atoms with Gasteiger partial charge < -0.3 is 14.7 Å². The Bertz CT molecular complexity index is 423. The van der Waals surface area contributed by atoms with Crippen LogP contribution in [0.1, 0.15) is 38.8 Å². The summed E-state index contributed by atoms with van der Waals surface area (Å²) in [5.74, 6) is 1.29. The minimum atomic E-state index is 0.0946. The number of rotatable bonds is 4. The first kappa shape index (κ1) is 14.1. The highest BCUT2D eigenvalue weighted by Crippen LogP contribution is 2.24. The second-order valence-electron chi connectivity index (χ2n) is 5.34. The van der Waals surface area contributed by atoms with E-state index in [0.29, 0.717) is 11.8 Å². The molecule has 5 heteroatoms. The minimum Gasteiger partial charge on any atom is -0.475 e. The molecule has 1 aromatic rings. The highest BCUT2D eigenvalue weighted by Gasteiger charge is 2.24. The van der Waals surface area contributed by atoms with Crippen LogP contribution in [0.2, 0.25) is 0 Å². The summed E-state index contributed by atoms with van der Waals surface area (Å²) in [4.78, 5) is 11.1. The monoisotopic (exact) mass is 265 g/mol. The van der Waals surface area contributed by atoms with Crippen LogP contribution in [0, 0.1) is 6.92 Å². The summed E-state index contributed by atoms with van der Waals surface area (Å²) in [7, 11) is 0. The number of nitrogens with zero attached hydrogens (tertiary/aromatic N) is 3. The molecule has 0 aromatic carbocycles. The van der Waals surface area contributed by atoms with E-state index >= 15 is 0 Å². The van der Waals surface area contributed by atoms with E-state index < -0.39 is 0 Å². The van der Waals surface area contributed by atoms with Gasteiger partial charge in [-0.3, -0.25) is 0 Å². The number of aryl methyl sites for hydroxylation is 1. The topological polar surface area (TPSA) is 58.5 Å². The van der Waals surface area contributed by atoms with E-state index in [9.17, 15) is 5.11 Å². The minimum absolute atomic E-state index is 0.0946. The van der Waals surface area contributed by atoms with Crippen LogP contribution in [0.4, 0.5) is 5.95 Å². The van der Waals surface area contributed by atoms with E-state index in [4.69, 9.17) is 4.74 Å². The summed E-state index contributed by atoms with van der Waals surface area (Å²) in [6, 6.07) is 1.98. The van der Waals surface area contributed by atoms with Gasteiger partial charge in [-0.15, -0.1) is 0 Å². The van der Waals surface area contributed by atoms with Crippen molar-refractivity contribution in [2.75, 3.05) is 18.1 Å². The predicted molar refractivity (Wildman–Crippen MR) is 74.6 cm³/mol. The third kappa shape index (κ3) is 3.56. The summed E-state index contributed by atoms with van der Waals surface area (Å²) in [6.45, 7) is 6.95. The second-order valence-corrected chi connectivity index (χ2v) is 5.34. The Balaban J connectivity index is 2.24. The van der Waals surface area contributed by atoms with Crippen molar-refractivity contribution in [3.63, 3.8) is 0 Å². The van der Waals surface area contributed by atoms with Gasteiger partial charge in [-0.25, -0.2) is 4.98 Å². The largest absolute Gasteiger partial charge is 0.475 e. The number of anilines is 1. The molecule has 0 saturated carbocycles. The fraction of sp³-hybridized carbons (Fsp3) is 0.714. The highest BCUT2D eigenvalue weighted by molar-refractivity contribution is 5.36. The number of hydrogen-bond acceptors (Lipinski definition) is 5. The first-order valence-corrected chi connectivity index (χ1v) is 7.00. The molecule has 1 N–H and O–H groups in total. The van der Waals surface area contributed by atoms with Gasteiger partial charge in [0.25, 0.3) is 0 Å². The molecule has 1 saturated heterocycles. The number of aromatic nitrogens is 2. The number of aliphatic hydroxyl groups excluding tert-OH is 1. The van der Waals surface area contributed by atoms with Crippen LogP contribution in [-0.2, 0) is 0 Å². The van der Waals surface area contributed by atoms with Gasteiger partial charge in [-0.05, 0) is 40.0 Å². The molecule has 0 aliphatic carbocycles. The molecule has 1 unspecified atom stereocenters. The smallest absolute Gasteiger partial charge is 0.229 e. The van der Waals surface area contributed by atoms with E-state index in [0.717, 1.165) is 31.5 Å². The molecule has 0 spiro atoms. The molecule has 1 atom stereocenters. The molecule has 5 nitrogen and oxygen atoms in total. The fourth-order valence-electron chi connectivity index (χ4n) is 2.41. The summed E-state index contributed by atoms with van der Waals surface area (Å²) >= 11 is 0. The van der Waals surface area contributed by atoms with Gasteiger partial charge in [0.1, 0.15) is 0 Å². The van der Waals surface area contributed by atoms with Crippen LogP contribution < -0.4 is 9.64 Å². The molecule has 0 amide bonds. The Hall–Kier alpha value is -1.36. The zero-order valence-electron chi connectivity index (χ0n) is 12.0. The Kier molecular flexibility index (Phi) is 4.58. The fourth-order valence-corrected chi connectivity index (χ4v) is 2.41. The predicted octanol–water partition coefficient (Wildman–Crippen LogP) is 1.92. The van der Waals surface area contributed by atoms with E-state index in [2.05, 4.69) is 14.9 Å². The van der Waals surface area contributed by atoms with Crippen LogP contribution >= 0.6 is 0 Å². The van der Waals surface area contributed by atoms with Crippen molar-refractivity contribution in [1.29, 1.82) is 0 Å². The molecule has 106 valence electrons. The lowest BCUT2D eigenvalue weighted by atomic mass is 10.0. The van der Waals surface area contributed by atoms with Crippen molar-refractivity contribution >= 4 is 5.95 Å². The maximum Gasteiger partial charge on any atom is 0.229 e. The zero-order valence-corrected chi connectivity index (χ0v) is 12.0. The third-order valence-electron chi connectivity index (χ3n) is 3.27. The Morgan fingerprint density at radius 3 is 2.89 bits per heavy atom. The van der Waals surface area contributed by atoms with Gasteiger partial charge in [0.2, 0.25) is 11.8 Å². The van der Waals surface area contributed by atoms with E-state index in [1.807, 2.05) is 26.8 Å². The molecule has 1 aliphatic heterocycles. The lowest BCUT2D eigenvalue weighted by molar-refractivity contribution is 0.228. The normalized spacial score (nSPS) is 19.8. The highest BCUT2D eigenvalue weighted by atomic mass is 16.5. The number of ether oxygens (including phenoxy) is 1. The van der Waals surface area contributed by atoms with Crippen LogP contribution in [-0.4, -0.2) is 40.4 Å². The van der Waals surface area contributed by atoms with E-state index in [-0.39, 0.29) is 18.8 Å². The quantitative estimate of drug-likeness (QED) is 0.901. The van der Waals surface area contributed by atoms with Crippen molar-refractivity contribution in [3.8, 4) is 5.88 Å². The van der Waals surface area contributed by atoms with E-state index in [1.54, 1.807) is 0 Å². The van der Waals surface area contributed by atoms with Gasteiger partial charge in [-0.2, -0.15) is 4.98 Å². The maximum absolute atomic E-state index is 9.48. The molecule has 1 aromatic heterocycles. The van der Waals surface area contributed by atoms with Crippen molar-refractivity contribution in [2.24, 2.45) is 0 Å². The molecule has 1 aliphatic rings. The number of aliphatic hydroxyl groups is 1. The SMILES string of the molecule is Cc1cc(OC(C)C)nc(N2CCCCC2CO)n1. The van der Waals surface area contributed by atoms with Crippen molar-refractivity contribution in [2.45, 2.75) is 52.2 Å². The lowest BCUT2D eigenvalue weighted by Gasteiger charge is -2.34. The van der Waals surface area contributed by atoms with Crippen LogP contribution in [0.15, 0.2) is 6.07 Å². The standard InChI is InChI=1S/C14H23N3O2/c1-10(2)19-13-8-11(3)15-14(16-13)17-7-5-4-6-12(17)9-18/h8,10,12,18H,4-7,9H2,1-3H3. The lowest BCUT2D eigenvalue weighted by Crippen LogP contribution is -2.43. The van der Waals surface area contributed by atoms with Crippen molar-refractivity contribution < 1.29 is 9.84 Å². The Morgan fingerprint density at radius 1 is 1.42 bits per heavy atom. The molecule has 0 radical (unpaired) electrons. The van der Waals surface area contributed by atoms with E-state index in [1.165, 1.54) is 0 Å². The van der Waals surface area contributed by atoms with Crippen molar-refractivity contribution in [1.82, 2.24) is 9.97 Å². The molecule has 0 bridgehead atoms. The molecule has 1 fully saturated rings. The summed E-state index contributed by atoms with van der Waals surface area (Å²) < 4.78 is 5.66. The van der Waals surface area contributed by atoms with Gasteiger partial charge in [-0.1, -0.05) is 0 Å². The molecule has 19 heavy (non-hydrogen) atoms. The second kappa shape index (κ2) is 6.19. The first-order valence-electron chi connectivity index (χ1n) is 7.00. The maximum atomic E-state index is 9.48. The molecule has 2 heterocycles. The van der Waals surface area contributed by atoms with Gasteiger partial charge >= 0.3 is 0 Å². The zero-order chi connectivity index (χ0) is 13.8. The summed E-state index contributed by atoms with van der Waals surface area (Å²) in [5.41, 5.74) is 0.892. The number of piperidine rings is 1. The van der Waals surface area contributed by atoms with Gasteiger partial charge in [0.05, 0.1) is 18.8 Å². The average molecular weight is 265 g/mol.